The minimum atomic E-state index is -4.63. The fraction of sp³-hybridized carbons (Fsp3) is 0.562. The highest BCUT2D eigenvalue weighted by Crippen LogP contribution is 2.36. The van der Waals surface area contributed by atoms with E-state index in [-0.39, 0.29) is 17.5 Å². The van der Waals surface area contributed by atoms with Crippen LogP contribution in [0.5, 0.6) is 0 Å². The third-order valence-corrected chi connectivity index (χ3v) is 4.47. The topological polar surface area (TPSA) is 66.7 Å². The van der Waals surface area contributed by atoms with Gasteiger partial charge in [0.05, 0.1) is 10.5 Å². The Kier molecular flexibility index (Phi) is 5.54. The van der Waals surface area contributed by atoms with E-state index in [1.807, 2.05) is 13.8 Å². The van der Waals surface area contributed by atoms with Crippen LogP contribution in [0.2, 0.25) is 0 Å². The van der Waals surface area contributed by atoms with Crippen molar-refractivity contribution in [2.24, 2.45) is 5.92 Å². The molecule has 1 unspecified atom stereocenters. The normalized spacial score (nSPS) is 16.7. The van der Waals surface area contributed by atoms with Crippen LogP contribution in [-0.4, -0.2) is 41.9 Å². The van der Waals surface area contributed by atoms with E-state index in [1.165, 1.54) is 0 Å². The van der Waals surface area contributed by atoms with Gasteiger partial charge in [-0.1, -0.05) is 13.8 Å². The average molecular weight is 359 g/mol. The predicted molar refractivity (Wildman–Crippen MR) is 86.3 cm³/mol. The molecule has 6 nitrogen and oxygen atoms in total. The van der Waals surface area contributed by atoms with E-state index in [0.717, 1.165) is 18.6 Å². The number of amides is 1. The van der Waals surface area contributed by atoms with Crippen molar-refractivity contribution in [3.8, 4) is 0 Å². The molecule has 9 heteroatoms. The summed E-state index contributed by atoms with van der Waals surface area (Å²) in [6, 6.07) is 2.54. The zero-order valence-corrected chi connectivity index (χ0v) is 14.0. The fourth-order valence-corrected chi connectivity index (χ4v) is 2.77. The standard InChI is InChI=1S/C16H20F3N3O3/c1-3-11(2)15(23)21-8-6-20(7-9-21)13-5-4-12(16(17,18)19)10-14(13)22(24)25/h4-5,10-11H,3,6-9H2,1-2H3. The predicted octanol–water partition coefficient (Wildman–Crippen LogP) is 3.31. The van der Waals surface area contributed by atoms with Crippen LogP contribution in [0.25, 0.3) is 0 Å². The van der Waals surface area contributed by atoms with Gasteiger partial charge < -0.3 is 9.80 Å². The van der Waals surface area contributed by atoms with Gasteiger partial charge in [-0.25, -0.2) is 0 Å². The van der Waals surface area contributed by atoms with Crippen molar-refractivity contribution in [2.75, 3.05) is 31.1 Å². The maximum atomic E-state index is 12.8. The van der Waals surface area contributed by atoms with Crippen LogP contribution in [0.4, 0.5) is 24.5 Å². The number of carbonyl (C=O) groups excluding carboxylic acids is 1. The van der Waals surface area contributed by atoms with E-state index < -0.39 is 22.4 Å². The lowest BCUT2D eigenvalue weighted by atomic mass is 10.1. The molecular weight excluding hydrogens is 339 g/mol. The summed E-state index contributed by atoms with van der Waals surface area (Å²) in [4.78, 5) is 25.9. The highest BCUT2D eigenvalue weighted by Gasteiger charge is 2.34. The molecule has 1 aromatic rings. The first kappa shape index (κ1) is 19.0. The van der Waals surface area contributed by atoms with E-state index in [9.17, 15) is 28.1 Å². The molecule has 0 spiro atoms. The molecule has 0 aromatic heterocycles. The molecule has 0 bridgehead atoms. The molecule has 0 N–H and O–H groups in total. The zero-order chi connectivity index (χ0) is 18.8. The number of hydrogen-bond donors (Lipinski definition) is 0. The lowest BCUT2D eigenvalue weighted by Gasteiger charge is -2.36. The molecule has 1 aliphatic heterocycles. The van der Waals surface area contributed by atoms with E-state index in [4.69, 9.17) is 0 Å². The maximum absolute atomic E-state index is 12.8. The van der Waals surface area contributed by atoms with Crippen LogP contribution >= 0.6 is 0 Å². The van der Waals surface area contributed by atoms with E-state index >= 15 is 0 Å². The van der Waals surface area contributed by atoms with Crippen LogP contribution in [0.3, 0.4) is 0 Å². The SMILES string of the molecule is CCC(C)C(=O)N1CCN(c2ccc(C(F)(F)F)cc2[N+](=O)[O-])CC1. The second-order valence-electron chi connectivity index (χ2n) is 6.08. The van der Waals surface area contributed by atoms with Crippen molar-refractivity contribution in [3.05, 3.63) is 33.9 Å². The van der Waals surface area contributed by atoms with Gasteiger partial charge in [-0.15, -0.1) is 0 Å². The lowest BCUT2D eigenvalue weighted by Crippen LogP contribution is -2.50. The molecule has 1 aromatic carbocycles. The smallest absolute Gasteiger partial charge is 0.362 e. The molecule has 138 valence electrons. The summed E-state index contributed by atoms with van der Waals surface area (Å²) in [6.45, 7) is 5.23. The summed E-state index contributed by atoms with van der Waals surface area (Å²) in [5.74, 6) is -0.0592. The summed E-state index contributed by atoms with van der Waals surface area (Å²) in [5, 5.41) is 11.2. The minimum absolute atomic E-state index is 0.0315. The summed E-state index contributed by atoms with van der Waals surface area (Å²) >= 11 is 0. The highest BCUT2D eigenvalue weighted by atomic mass is 19.4. The summed E-state index contributed by atoms with van der Waals surface area (Å²) in [7, 11) is 0. The van der Waals surface area contributed by atoms with E-state index in [2.05, 4.69) is 0 Å². The first-order chi connectivity index (χ1) is 11.6. The zero-order valence-electron chi connectivity index (χ0n) is 14.0. The molecule has 2 rings (SSSR count). The van der Waals surface area contributed by atoms with Gasteiger partial charge >= 0.3 is 6.18 Å². The molecule has 1 aliphatic rings. The third kappa shape index (κ3) is 4.21. The van der Waals surface area contributed by atoms with Gasteiger partial charge in [0.15, 0.2) is 0 Å². The minimum Gasteiger partial charge on any atom is -0.362 e. The van der Waals surface area contributed by atoms with Gasteiger partial charge in [-0.2, -0.15) is 13.2 Å². The van der Waals surface area contributed by atoms with Crippen molar-refractivity contribution in [1.29, 1.82) is 0 Å². The Morgan fingerprint density at radius 2 is 1.88 bits per heavy atom. The van der Waals surface area contributed by atoms with Crippen LogP contribution < -0.4 is 4.90 Å². The molecule has 1 atom stereocenters. The number of hydrogen-bond acceptors (Lipinski definition) is 4. The number of alkyl halides is 3. The maximum Gasteiger partial charge on any atom is 0.416 e. The molecule has 1 amide bonds. The second kappa shape index (κ2) is 7.28. The number of nitro groups is 1. The number of carbonyl (C=O) groups is 1. The molecule has 1 heterocycles. The monoisotopic (exact) mass is 359 g/mol. The molecular formula is C16H20F3N3O3. The van der Waals surface area contributed by atoms with Gasteiger partial charge in [0.1, 0.15) is 5.69 Å². The van der Waals surface area contributed by atoms with Crippen LogP contribution in [0.1, 0.15) is 25.8 Å². The van der Waals surface area contributed by atoms with E-state index in [0.29, 0.717) is 32.2 Å². The van der Waals surface area contributed by atoms with Crippen molar-refractivity contribution >= 4 is 17.3 Å². The van der Waals surface area contributed by atoms with Crippen molar-refractivity contribution < 1.29 is 22.9 Å². The second-order valence-corrected chi connectivity index (χ2v) is 6.08. The van der Waals surface area contributed by atoms with Crippen LogP contribution in [0.15, 0.2) is 18.2 Å². The number of anilines is 1. The largest absolute Gasteiger partial charge is 0.416 e. The molecule has 0 aliphatic carbocycles. The van der Waals surface area contributed by atoms with Gasteiger partial charge in [0.25, 0.3) is 5.69 Å². The van der Waals surface area contributed by atoms with Gasteiger partial charge in [0.2, 0.25) is 5.91 Å². The Bertz CT molecular complexity index is 656. The van der Waals surface area contributed by atoms with Gasteiger partial charge in [0, 0.05) is 38.2 Å². The quantitative estimate of drug-likeness (QED) is 0.611. The summed E-state index contributed by atoms with van der Waals surface area (Å²) in [6.07, 6.45) is -3.91. The molecule has 1 fully saturated rings. The lowest BCUT2D eigenvalue weighted by molar-refractivity contribution is -0.384. The van der Waals surface area contributed by atoms with Crippen molar-refractivity contribution in [3.63, 3.8) is 0 Å². The Morgan fingerprint density at radius 1 is 1.28 bits per heavy atom. The number of benzene rings is 1. The van der Waals surface area contributed by atoms with Crippen molar-refractivity contribution in [2.45, 2.75) is 26.4 Å². The van der Waals surface area contributed by atoms with Gasteiger partial charge in [-0.3, -0.25) is 14.9 Å². The highest BCUT2D eigenvalue weighted by molar-refractivity contribution is 5.79. The number of halogens is 3. The van der Waals surface area contributed by atoms with Crippen LogP contribution in [-0.2, 0) is 11.0 Å². The number of piperazine rings is 1. The van der Waals surface area contributed by atoms with E-state index in [1.54, 1.807) is 9.80 Å². The van der Waals surface area contributed by atoms with Crippen molar-refractivity contribution in [1.82, 2.24) is 4.90 Å². The summed E-state index contributed by atoms with van der Waals surface area (Å²) < 4.78 is 38.3. The third-order valence-electron chi connectivity index (χ3n) is 4.47. The van der Waals surface area contributed by atoms with Gasteiger partial charge in [-0.05, 0) is 18.6 Å². The number of nitrogens with zero attached hydrogens (tertiary/aromatic N) is 3. The summed E-state index contributed by atoms with van der Waals surface area (Å²) in [5.41, 5.74) is -1.47. The Hall–Kier alpha value is -2.32. The first-order valence-corrected chi connectivity index (χ1v) is 8.04. The molecule has 1 saturated heterocycles. The average Bonchev–Trinajstić information content (AvgIpc) is 2.59. The Balaban J connectivity index is 2.18. The van der Waals surface area contributed by atoms with Crippen LogP contribution in [0, 0.1) is 16.0 Å². The Morgan fingerprint density at radius 3 is 2.36 bits per heavy atom. The fourth-order valence-electron chi connectivity index (χ4n) is 2.77. The molecule has 0 radical (unpaired) electrons. The number of nitro benzene ring substituents is 1. The Labute approximate surface area is 143 Å². The first-order valence-electron chi connectivity index (χ1n) is 8.04. The molecule has 25 heavy (non-hydrogen) atoms. The molecule has 0 saturated carbocycles. The number of rotatable bonds is 4.